The molecule has 0 amide bonds. The van der Waals surface area contributed by atoms with Crippen LogP contribution >= 0.6 is 23.4 Å². The zero-order chi connectivity index (χ0) is 15.7. The van der Waals surface area contributed by atoms with Gasteiger partial charge < -0.3 is 0 Å². The van der Waals surface area contributed by atoms with Gasteiger partial charge in [0.25, 0.3) is 10.0 Å². The molecule has 3 rings (SSSR count). The van der Waals surface area contributed by atoms with Gasteiger partial charge in [-0.25, -0.2) is 4.99 Å². The summed E-state index contributed by atoms with van der Waals surface area (Å²) in [5.74, 6) is 0. The molecule has 0 aliphatic carbocycles. The minimum Gasteiger partial charge on any atom is -0.221 e. The van der Waals surface area contributed by atoms with Gasteiger partial charge in [0.05, 0.1) is 10.6 Å². The van der Waals surface area contributed by atoms with E-state index in [1.165, 1.54) is 17.8 Å². The van der Waals surface area contributed by atoms with E-state index < -0.39 is 10.0 Å². The van der Waals surface area contributed by atoms with Crippen LogP contribution in [0.2, 0.25) is 5.02 Å². The highest BCUT2D eigenvalue weighted by Crippen LogP contribution is 2.28. The van der Waals surface area contributed by atoms with Gasteiger partial charge in [-0.3, -0.25) is 0 Å². The number of fused-ring (bicyclic) bond motifs is 1. The predicted octanol–water partition coefficient (Wildman–Crippen LogP) is 3.60. The van der Waals surface area contributed by atoms with Crippen molar-refractivity contribution in [1.82, 2.24) is 0 Å². The summed E-state index contributed by atoms with van der Waals surface area (Å²) < 4.78 is 28.7. The fourth-order valence-electron chi connectivity index (χ4n) is 2.14. The zero-order valence-electron chi connectivity index (χ0n) is 11.5. The van der Waals surface area contributed by atoms with Gasteiger partial charge >= 0.3 is 0 Å². The molecule has 0 N–H and O–H groups in total. The lowest BCUT2D eigenvalue weighted by Gasteiger charge is -2.09. The van der Waals surface area contributed by atoms with E-state index >= 15 is 0 Å². The second kappa shape index (κ2) is 5.87. The molecule has 0 bridgehead atoms. The fourth-order valence-corrected chi connectivity index (χ4v) is 4.10. The van der Waals surface area contributed by atoms with E-state index in [1.807, 2.05) is 30.3 Å². The number of halogens is 1. The van der Waals surface area contributed by atoms with Crippen LogP contribution in [0.3, 0.4) is 0 Å². The highest BCUT2D eigenvalue weighted by molar-refractivity contribution is 8.14. The summed E-state index contributed by atoms with van der Waals surface area (Å²) >= 11 is 7.24. The van der Waals surface area contributed by atoms with Crippen LogP contribution in [0.5, 0.6) is 0 Å². The van der Waals surface area contributed by atoms with E-state index in [0.29, 0.717) is 16.3 Å². The number of hydrogen-bond donors (Lipinski definition) is 0. The summed E-state index contributed by atoms with van der Waals surface area (Å²) in [5, 5.41) is 0.649. The average Bonchev–Trinajstić information content (AvgIpc) is 2.62. The molecule has 0 fully saturated rings. The van der Waals surface area contributed by atoms with Gasteiger partial charge in [0.15, 0.2) is 5.17 Å². The Kier molecular flexibility index (Phi) is 4.08. The van der Waals surface area contributed by atoms with Gasteiger partial charge in [0.1, 0.15) is 0 Å². The summed E-state index contributed by atoms with van der Waals surface area (Å²) in [6.07, 6.45) is 1.74. The molecule has 0 saturated heterocycles. The van der Waals surface area contributed by atoms with Crippen molar-refractivity contribution in [3.05, 3.63) is 64.7 Å². The minimum absolute atomic E-state index is 0.114. The molecule has 1 heterocycles. The van der Waals surface area contributed by atoms with Crippen molar-refractivity contribution in [2.45, 2.75) is 4.90 Å². The van der Waals surface area contributed by atoms with Gasteiger partial charge in [0, 0.05) is 16.1 Å². The summed E-state index contributed by atoms with van der Waals surface area (Å²) in [4.78, 5) is 4.55. The first kappa shape index (κ1) is 15.3. The number of amidine groups is 1. The van der Waals surface area contributed by atoms with E-state index in [1.54, 1.807) is 18.4 Å². The quantitative estimate of drug-likeness (QED) is 0.789. The Balaban J connectivity index is 2.36. The number of sulfonamides is 1. The van der Waals surface area contributed by atoms with E-state index in [0.717, 1.165) is 5.56 Å². The number of aliphatic imine (C=N–C) groups is 1. The molecule has 2 aromatic rings. The molecule has 0 unspecified atom stereocenters. The second-order valence-corrected chi connectivity index (χ2v) is 7.30. The molecule has 7 heteroatoms. The molecule has 22 heavy (non-hydrogen) atoms. The second-order valence-electron chi connectivity index (χ2n) is 4.52. The van der Waals surface area contributed by atoms with Crippen molar-refractivity contribution in [3.8, 4) is 0 Å². The number of benzene rings is 2. The summed E-state index contributed by atoms with van der Waals surface area (Å²) in [7, 11) is -3.80. The Morgan fingerprint density at radius 3 is 2.50 bits per heavy atom. The first-order valence-electron chi connectivity index (χ1n) is 6.34. The molecule has 1 aliphatic rings. The highest BCUT2D eigenvalue weighted by atomic mass is 35.5. The van der Waals surface area contributed by atoms with Crippen molar-refractivity contribution in [2.75, 3.05) is 6.26 Å². The Labute approximate surface area is 138 Å². The minimum atomic E-state index is -3.80. The first-order valence-corrected chi connectivity index (χ1v) is 9.38. The zero-order valence-corrected chi connectivity index (χ0v) is 13.9. The van der Waals surface area contributed by atoms with E-state index in [-0.39, 0.29) is 10.1 Å². The van der Waals surface area contributed by atoms with Gasteiger partial charge in [0.2, 0.25) is 0 Å². The normalized spacial score (nSPS) is 16.3. The van der Waals surface area contributed by atoms with Crippen LogP contribution in [0.15, 0.2) is 62.8 Å². The molecular formula is C15H11ClN2O2S2. The number of rotatable bonds is 1. The Morgan fingerprint density at radius 1 is 1.09 bits per heavy atom. The molecular weight excluding hydrogens is 340 g/mol. The summed E-state index contributed by atoms with van der Waals surface area (Å²) in [6.45, 7) is 0. The van der Waals surface area contributed by atoms with Crippen molar-refractivity contribution in [3.63, 3.8) is 0 Å². The van der Waals surface area contributed by atoms with Crippen LogP contribution in [0.1, 0.15) is 11.1 Å². The molecule has 0 aromatic heterocycles. The Morgan fingerprint density at radius 2 is 1.82 bits per heavy atom. The molecule has 0 saturated carbocycles. The van der Waals surface area contributed by atoms with Crippen molar-refractivity contribution in [1.29, 1.82) is 0 Å². The molecule has 1 aliphatic heterocycles. The standard InChI is InChI=1S/C15H11ClN2O2S2/c1-21-15-17-14(10-5-3-2-4-6-10)12-9-11(16)7-8-13(12)22(19,20)18-15/h2-9H,1H3. The van der Waals surface area contributed by atoms with E-state index in [4.69, 9.17) is 11.6 Å². The van der Waals surface area contributed by atoms with Crippen LogP contribution < -0.4 is 0 Å². The van der Waals surface area contributed by atoms with E-state index in [2.05, 4.69) is 9.39 Å². The van der Waals surface area contributed by atoms with Crippen LogP contribution in [-0.2, 0) is 10.0 Å². The highest BCUT2D eigenvalue weighted by Gasteiger charge is 2.26. The van der Waals surface area contributed by atoms with Gasteiger partial charge in [-0.15, -0.1) is 4.40 Å². The third-order valence-electron chi connectivity index (χ3n) is 3.11. The number of nitrogens with zero attached hydrogens (tertiary/aromatic N) is 2. The van der Waals surface area contributed by atoms with Crippen LogP contribution in [0.4, 0.5) is 0 Å². The molecule has 0 atom stereocenters. The third-order valence-corrected chi connectivity index (χ3v) is 5.33. The van der Waals surface area contributed by atoms with Crippen molar-refractivity contribution in [2.24, 2.45) is 9.39 Å². The third kappa shape index (κ3) is 2.82. The van der Waals surface area contributed by atoms with Gasteiger partial charge in [-0.2, -0.15) is 8.42 Å². The number of hydrogen-bond acceptors (Lipinski definition) is 4. The molecule has 112 valence electrons. The van der Waals surface area contributed by atoms with Crippen LogP contribution in [0, 0.1) is 0 Å². The summed E-state index contributed by atoms with van der Waals surface area (Å²) in [6, 6.07) is 14.0. The summed E-state index contributed by atoms with van der Waals surface area (Å²) in [5.41, 5.74) is 1.82. The van der Waals surface area contributed by atoms with Crippen LogP contribution in [-0.4, -0.2) is 25.6 Å². The molecule has 4 nitrogen and oxygen atoms in total. The smallest absolute Gasteiger partial charge is 0.221 e. The maximum Gasteiger partial charge on any atom is 0.285 e. The lowest BCUT2D eigenvalue weighted by atomic mass is 10.0. The largest absolute Gasteiger partial charge is 0.285 e. The van der Waals surface area contributed by atoms with Gasteiger partial charge in [-0.1, -0.05) is 53.7 Å². The maximum atomic E-state index is 12.4. The predicted molar refractivity (Wildman–Crippen MR) is 91.7 cm³/mol. The van der Waals surface area contributed by atoms with Gasteiger partial charge in [-0.05, 0) is 24.5 Å². The maximum absolute atomic E-state index is 12.4. The first-order chi connectivity index (χ1) is 10.5. The lowest BCUT2D eigenvalue weighted by Crippen LogP contribution is -2.08. The topological polar surface area (TPSA) is 58.9 Å². The SMILES string of the molecule is CSC1=NS(=O)(=O)c2ccc(Cl)cc2C(c2ccccc2)=N1. The lowest BCUT2D eigenvalue weighted by molar-refractivity contribution is 0.598. The Bertz CT molecular complexity index is 891. The van der Waals surface area contributed by atoms with Crippen LogP contribution in [0.25, 0.3) is 0 Å². The molecule has 2 aromatic carbocycles. The average molecular weight is 351 g/mol. The fraction of sp³-hybridized carbons (Fsp3) is 0.0667. The van der Waals surface area contributed by atoms with Crippen molar-refractivity contribution < 1.29 is 8.42 Å². The number of thioether (sulfide) groups is 1. The molecule has 0 spiro atoms. The monoisotopic (exact) mass is 350 g/mol. The van der Waals surface area contributed by atoms with E-state index in [9.17, 15) is 8.42 Å². The Hall–Kier alpha value is -1.63. The molecule has 0 radical (unpaired) electrons. The van der Waals surface area contributed by atoms with Crippen molar-refractivity contribution >= 4 is 44.3 Å².